The molecule has 0 bridgehead atoms. The molecule has 9 heteroatoms. The number of amides is 1. The van der Waals surface area contributed by atoms with Crippen LogP contribution in [0.3, 0.4) is 0 Å². The van der Waals surface area contributed by atoms with Gasteiger partial charge >= 0.3 is 0 Å². The van der Waals surface area contributed by atoms with Gasteiger partial charge in [0.2, 0.25) is 10.0 Å². The molecular weight excluding hydrogens is 394 g/mol. The molecule has 0 unspecified atom stereocenters. The number of hydrogen-bond acceptors (Lipinski definition) is 6. The summed E-state index contributed by atoms with van der Waals surface area (Å²) in [5.41, 5.74) is 3.25. The molecule has 8 nitrogen and oxygen atoms in total. The summed E-state index contributed by atoms with van der Waals surface area (Å²) in [4.78, 5) is 13.5. The molecule has 0 saturated carbocycles. The fourth-order valence-corrected chi connectivity index (χ4v) is 4.84. The number of nitrogens with one attached hydrogen (secondary N) is 1. The van der Waals surface area contributed by atoms with Crippen LogP contribution in [-0.2, 0) is 14.8 Å². The van der Waals surface area contributed by atoms with Gasteiger partial charge < -0.3 is 9.64 Å². The zero-order valence-electron chi connectivity index (χ0n) is 16.0. The number of hydroxylamine groups is 1. The second-order valence-electron chi connectivity index (χ2n) is 6.41. The Morgan fingerprint density at radius 3 is 2.41 bits per heavy atom. The lowest BCUT2D eigenvalue weighted by Crippen LogP contribution is -2.48. The Balaban J connectivity index is 1.76. The van der Waals surface area contributed by atoms with Crippen LogP contribution in [0.4, 0.5) is 5.69 Å². The molecule has 1 saturated heterocycles. The minimum atomic E-state index is -3.66. The standard InChI is InChI=1S/C20H23N3O5S/c1-28-18-8-4-5-9-19(18)29(26,27)23-14-12-22(13-15-23)17-7-3-2-6-16(17)10-11-20(24)21-25/h2-11,25H,12-15H2,1H3,(H,21,24). The zero-order valence-corrected chi connectivity index (χ0v) is 16.8. The van der Waals surface area contributed by atoms with Crippen LogP contribution in [0.15, 0.2) is 59.5 Å². The van der Waals surface area contributed by atoms with E-state index in [-0.39, 0.29) is 4.90 Å². The number of benzene rings is 2. The third-order valence-electron chi connectivity index (χ3n) is 4.73. The van der Waals surface area contributed by atoms with Crippen molar-refractivity contribution in [1.82, 2.24) is 9.79 Å². The largest absolute Gasteiger partial charge is 0.495 e. The molecule has 0 atom stereocenters. The highest BCUT2D eigenvalue weighted by molar-refractivity contribution is 7.89. The Bertz CT molecular complexity index is 999. The predicted octanol–water partition coefficient (Wildman–Crippen LogP) is 1.72. The van der Waals surface area contributed by atoms with Crippen molar-refractivity contribution >= 4 is 27.7 Å². The number of carbonyl (C=O) groups is 1. The smallest absolute Gasteiger partial charge is 0.267 e. The lowest BCUT2D eigenvalue weighted by atomic mass is 10.1. The van der Waals surface area contributed by atoms with E-state index in [0.29, 0.717) is 31.9 Å². The maximum absolute atomic E-state index is 13.0. The zero-order chi connectivity index (χ0) is 20.9. The van der Waals surface area contributed by atoms with E-state index in [1.54, 1.807) is 35.8 Å². The Hall–Kier alpha value is -2.88. The van der Waals surface area contributed by atoms with E-state index in [4.69, 9.17) is 9.94 Å². The molecule has 2 N–H and O–H groups in total. The van der Waals surface area contributed by atoms with Crippen molar-refractivity contribution in [1.29, 1.82) is 0 Å². The Kier molecular flexibility index (Phi) is 6.53. The molecule has 154 valence electrons. The highest BCUT2D eigenvalue weighted by atomic mass is 32.2. The topological polar surface area (TPSA) is 99.2 Å². The molecule has 0 radical (unpaired) electrons. The van der Waals surface area contributed by atoms with Crippen LogP contribution in [0.25, 0.3) is 6.08 Å². The van der Waals surface area contributed by atoms with Gasteiger partial charge in [-0.2, -0.15) is 4.31 Å². The van der Waals surface area contributed by atoms with E-state index in [0.717, 1.165) is 11.3 Å². The van der Waals surface area contributed by atoms with Gasteiger partial charge in [-0.3, -0.25) is 10.0 Å². The number of hydrogen-bond donors (Lipinski definition) is 2. The van der Waals surface area contributed by atoms with Crippen LogP contribution in [-0.4, -0.2) is 57.1 Å². The first-order valence-electron chi connectivity index (χ1n) is 9.06. The summed E-state index contributed by atoms with van der Waals surface area (Å²) in [5.74, 6) is -0.292. The molecule has 0 aromatic heterocycles. The van der Waals surface area contributed by atoms with E-state index >= 15 is 0 Å². The monoisotopic (exact) mass is 417 g/mol. The van der Waals surface area contributed by atoms with Crippen molar-refractivity contribution in [2.45, 2.75) is 4.90 Å². The number of para-hydroxylation sites is 2. The summed E-state index contributed by atoms with van der Waals surface area (Å²) < 4.78 is 32.7. The van der Waals surface area contributed by atoms with E-state index < -0.39 is 15.9 Å². The number of methoxy groups -OCH3 is 1. The van der Waals surface area contributed by atoms with Crippen LogP contribution < -0.4 is 15.1 Å². The summed E-state index contributed by atoms with van der Waals surface area (Å²) in [5, 5.41) is 8.64. The normalized spacial score (nSPS) is 15.4. The average Bonchev–Trinajstić information content (AvgIpc) is 2.77. The molecule has 1 aliphatic rings. The highest BCUT2D eigenvalue weighted by Crippen LogP contribution is 2.28. The Morgan fingerprint density at radius 1 is 1.07 bits per heavy atom. The summed E-state index contributed by atoms with van der Waals surface area (Å²) >= 11 is 0. The fraction of sp³-hybridized carbons (Fsp3) is 0.250. The van der Waals surface area contributed by atoms with Crippen molar-refractivity contribution in [3.8, 4) is 5.75 Å². The first kappa shape index (κ1) is 20.8. The van der Waals surface area contributed by atoms with E-state index in [1.807, 2.05) is 24.3 Å². The van der Waals surface area contributed by atoms with E-state index in [9.17, 15) is 13.2 Å². The van der Waals surface area contributed by atoms with Gasteiger partial charge in [0.05, 0.1) is 7.11 Å². The molecule has 0 aliphatic carbocycles. The van der Waals surface area contributed by atoms with Gasteiger partial charge in [-0.05, 0) is 29.8 Å². The number of piperazine rings is 1. The molecule has 2 aromatic carbocycles. The molecule has 0 spiro atoms. The highest BCUT2D eigenvalue weighted by Gasteiger charge is 2.31. The van der Waals surface area contributed by atoms with Crippen LogP contribution in [0.2, 0.25) is 0 Å². The second-order valence-corrected chi connectivity index (χ2v) is 8.32. The van der Waals surface area contributed by atoms with Crippen molar-refractivity contribution in [3.05, 3.63) is 60.2 Å². The van der Waals surface area contributed by atoms with Crippen molar-refractivity contribution in [3.63, 3.8) is 0 Å². The van der Waals surface area contributed by atoms with Crippen LogP contribution in [0, 0.1) is 0 Å². The number of nitrogens with zero attached hydrogens (tertiary/aromatic N) is 2. The summed E-state index contributed by atoms with van der Waals surface area (Å²) in [6.07, 6.45) is 2.85. The number of anilines is 1. The van der Waals surface area contributed by atoms with Gasteiger partial charge in [0, 0.05) is 37.9 Å². The Labute approximate surface area is 170 Å². The van der Waals surface area contributed by atoms with Gasteiger partial charge in [0.1, 0.15) is 10.6 Å². The predicted molar refractivity (Wildman–Crippen MR) is 109 cm³/mol. The van der Waals surface area contributed by atoms with Gasteiger partial charge in [0.25, 0.3) is 5.91 Å². The maximum Gasteiger partial charge on any atom is 0.267 e. The van der Waals surface area contributed by atoms with Crippen molar-refractivity contribution in [2.24, 2.45) is 0 Å². The average molecular weight is 417 g/mol. The quantitative estimate of drug-likeness (QED) is 0.422. The van der Waals surface area contributed by atoms with Crippen molar-refractivity contribution < 1.29 is 23.2 Å². The first-order valence-corrected chi connectivity index (χ1v) is 10.5. The van der Waals surface area contributed by atoms with Gasteiger partial charge in [-0.15, -0.1) is 0 Å². The fourth-order valence-electron chi connectivity index (χ4n) is 3.26. The van der Waals surface area contributed by atoms with Gasteiger partial charge in [-0.25, -0.2) is 13.9 Å². The summed E-state index contributed by atoms with van der Waals surface area (Å²) in [6.45, 7) is 1.67. The number of carbonyl (C=O) groups excluding carboxylic acids is 1. The van der Waals surface area contributed by atoms with E-state index in [1.165, 1.54) is 17.5 Å². The van der Waals surface area contributed by atoms with Gasteiger partial charge in [0.15, 0.2) is 0 Å². The molecule has 2 aromatic rings. The number of ether oxygens (including phenoxy) is 1. The lowest BCUT2D eigenvalue weighted by Gasteiger charge is -2.36. The molecule has 1 amide bonds. The lowest BCUT2D eigenvalue weighted by molar-refractivity contribution is -0.124. The molecule has 3 rings (SSSR count). The second kappa shape index (κ2) is 9.08. The van der Waals surface area contributed by atoms with Crippen molar-refractivity contribution in [2.75, 3.05) is 38.2 Å². The molecule has 1 heterocycles. The van der Waals surface area contributed by atoms with Gasteiger partial charge in [-0.1, -0.05) is 30.3 Å². The van der Waals surface area contributed by atoms with Crippen LogP contribution in [0.1, 0.15) is 5.56 Å². The molecular formula is C20H23N3O5S. The minimum absolute atomic E-state index is 0.161. The summed E-state index contributed by atoms with van der Waals surface area (Å²) in [7, 11) is -2.21. The minimum Gasteiger partial charge on any atom is -0.495 e. The first-order chi connectivity index (χ1) is 14.0. The maximum atomic E-state index is 13.0. The molecule has 1 fully saturated rings. The van der Waals surface area contributed by atoms with Crippen LogP contribution >= 0.6 is 0 Å². The Morgan fingerprint density at radius 2 is 1.72 bits per heavy atom. The van der Waals surface area contributed by atoms with Crippen LogP contribution in [0.5, 0.6) is 5.75 Å². The number of rotatable bonds is 6. The third kappa shape index (κ3) is 4.58. The SMILES string of the molecule is COc1ccccc1S(=O)(=O)N1CCN(c2ccccc2C=CC(=O)NO)CC1. The summed E-state index contributed by atoms with van der Waals surface area (Å²) in [6, 6.07) is 14.1. The molecule has 29 heavy (non-hydrogen) atoms. The van der Waals surface area contributed by atoms with E-state index in [2.05, 4.69) is 4.90 Å². The third-order valence-corrected chi connectivity index (χ3v) is 6.67. The molecule has 1 aliphatic heterocycles. The number of sulfonamides is 1.